The monoisotopic (exact) mass is 316 g/mol. The molecule has 1 amide bonds. The Kier molecular flexibility index (Phi) is 6.11. The number of aliphatic hydroxyl groups excluding tert-OH is 1. The van der Waals surface area contributed by atoms with Gasteiger partial charge in [-0.05, 0) is 36.8 Å². The molecule has 4 nitrogen and oxygen atoms in total. The number of benzene rings is 2. The van der Waals surface area contributed by atoms with Gasteiger partial charge < -0.3 is 15.3 Å². The van der Waals surface area contributed by atoms with Gasteiger partial charge in [-0.3, -0.25) is 4.79 Å². The molecule has 2 N–H and O–H groups in total. The SMILES string of the molecule is CCN(CC(=O)NCc1ccc(F)c(CO)c1)c1ccccc1. The van der Waals surface area contributed by atoms with E-state index in [4.69, 9.17) is 5.11 Å². The number of aliphatic hydroxyl groups is 1. The molecule has 0 radical (unpaired) electrons. The van der Waals surface area contributed by atoms with Crippen LogP contribution in [0.4, 0.5) is 10.1 Å². The highest BCUT2D eigenvalue weighted by Crippen LogP contribution is 2.13. The molecule has 0 aliphatic carbocycles. The highest BCUT2D eigenvalue weighted by atomic mass is 19.1. The van der Waals surface area contributed by atoms with Gasteiger partial charge in [0.05, 0.1) is 13.2 Å². The van der Waals surface area contributed by atoms with Crippen LogP contribution in [0.5, 0.6) is 0 Å². The second-order valence-electron chi connectivity index (χ2n) is 5.21. The van der Waals surface area contributed by atoms with Gasteiger partial charge in [0.15, 0.2) is 0 Å². The van der Waals surface area contributed by atoms with E-state index in [9.17, 15) is 9.18 Å². The van der Waals surface area contributed by atoms with E-state index in [0.717, 1.165) is 17.8 Å². The van der Waals surface area contributed by atoms with E-state index in [2.05, 4.69) is 5.32 Å². The van der Waals surface area contributed by atoms with Gasteiger partial charge in [-0.2, -0.15) is 0 Å². The molecule has 0 fully saturated rings. The summed E-state index contributed by atoms with van der Waals surface area (Å²) in [5.41, 5.74) is 1.98. The van der Waals surface area contributed by atoms with Crippen LogP contribution in [0.25, 0.3) is 0 Å². The van der Waals surface area contributed by atoms with Crippen molar-refractivity contribution in [3.63, 3.8) is 0 Å². The minimum Gasteiger partial charge on any atom is -0.392 e. The number of nitrogens with zero attached hydrogens (tertiary/aromatic N) is 1. The molecule has 0 bridgehead atoms. The number of rotatable bonds is 7. The third-order valence-electron chi connectivity index (χ3n) is 3.61. The maximum atomic E-state index is 13.3. The topological polar surface area (TPSA) is 52.6 Å². The summed E-state index contributed by atoms with van der Waals surface area (Å²) in [4.78, 5) is 14.1. The van der Waals surface area contributed by atoms with Crippen LogP contribution in [0.3, 0.4) is 0 Å². The summed E-state index contributed by atoms with van der Waals surface area (Å²) in [6, 6.07) is 14.2. The molecule has 23 heavy (non-hydrogen) atoms. The number of hydrogen-bond acceptors (Lipinski definition) is 3. The maximum absolute atomic E-state index is 13.3. The number of hydrogen-bond donors (Lipinski definition) is 2. The van der Waals surface area contributed by atoms with Crippen molar-refractivity contribution in [3.05, 3.63) is 65.5 Å². The van der Waals surface area contributed by atoms with Gasteiger partial charge in [0.25, 0.3) is 0 Å². The lowest BCUT2D eigenvalue weighted by Crippen LogP contribution is -2.36. The third kappa shape index (κ3) is 4.79. The summed E-state index contributed by atoms with van der Waals surface area (Å²) in [6.07, 6.45) is 0. The van der Waals surface area contributed by atoms with E-state index in [1.54, 1.807) is 12.1 Å². The second-order valence-corrected chi connectivity index (χ2v) is 5.21. The minimum atomic E-state index is -0.441. The molecule has 2 aromatic carbocycles. The highest BCUT2D eigenvalue weighted by molar-refractivity contribution is 5.81. The van der Waals surface area contributed by atoms with Crippen molar-refractivity contribution in [3.8, 4) is 0 Å². The Labute approximate surface area is 135 Å². The van der Waals surface area contributed by atoms with Crippen molar-refractivity contribution in [1.82, 2.24) is 5.32 Å². The van der Waals surface area contributed by atoms with Crippen molar-refractivity contribution in [2.45, 2.75) is 20.1 Å². The average Bonchev–Trinajstić information content (AvgIpc) is 2.59. The largest absolute Gasteiger partial charge is 0.392 e. The molecule has 0 saturated carbocycles. The summed E-state index contributed by atoms with van der Waals surface area (Å²) in [5.74, 6) is -0.547. The molecule has 5 heteroatoms. The van der Waals surface area contributed by atoms with Crippen LogP contribution in [0, 0.1) is 5.82 Å². The molecule has 0 spiro atoms. The van der Waals surface area contributed by atoms with Crippen molar-refractivity contribution in [2.24, 2.45) is 0 Å². The van der Waals surface area contributed by atoms with Gasteiger partial charge in [0.1, 0.15) is 5.82 Å². The van der Waals surface area contributed by atoms with Crippen LogP contribution >= 0.6 is 0 Å². The zero-order valence-electron chi connectivity index (χ0n) is 13.1. The number of likely N-dealkylation sites (N-methyl/N-ethyl adjacent to an activating group) is 1. The van der Waals surface area contributed by atoms with E-state index >= 15 is 0 Å². The molecule has 0 aliphatic rings. The zero-order valence-corrected chi connectivity index (χ0v) is 13.1. The quantitative estimate of drug-likeness (QED) is 0.825. The van der Waals surface area contributed by atoms with Crippen LogP contribution in [0.2, 0.25) is 0 Å². The number of carbonyl (C=O) groups excluding carboxylic acids is 1. The molecule has 0 atom stereocenters. The lowest BCUT2D eigenvalue weighted by Gasteiger charge is -2.22. The first-order chi connectivity index (χ1) is 11.1. The standard InChI is InChI=1S/C18H21FN2O2/c1-2-21(16-6-4-3-5-7-16)12-18(23)20-11-14-8-9-17(19)15(10-14)13-22/h3-10,22H,2,11-13H2,1H3,(H,20,23). The third-order valence-corrected chi connectivity index (χ3v) is 3.61. The van der Waals surface area contributed by atoms with Crippen LogP contribution in [0.15, 0.2) is 48.5 Å². The Morgan fingerprint density at radius 3 is 2.61 bits per heavy atom. The van der Waals surface area contributed by atoms with Crippen LogP contribution in [0.1, 0.15) is 18.1 Å². The normalized spacial score (nSPS) is 10.4. The Balaban J connectivity index is 1.92. The van der Waals surface area contributed by atoms with E-state index in [0.29, 0.717) is 6.54 Å². The van der Waals surface area contributed by atoms with Gasteiger partial charge in [-0.1, -0.05) is 24.3 Å². The van der Waals surface area contributed by atoms with Crippen LogP contribution in [-0.2, 0) is 17.9 Å². The lowest BCUT2D eigenvalue weighted by atomic mass is 10.1. The van der Waals surface area contributed by atoms with Crippen LogP contribution in [-0.4, -0.2) is 24.1 Å². The molecule has 122 valence electrons. The Hall–Kier alpha value is -2.40. The first kappa shape index (κ1) is 17.0. The molecule has 2 aromatic rings. The summed E-state index contributed by atoms with van der Waals surface area (Å²) >= 11 is 0. The molecule has 0 aromatic heterocycles. The van der Waals surface area contributed by atoms with Gasteiger partial charge in [0.2, 0.25) is 5.91 Å². The lowest BCUT2D eigenvalue weighted by molar-refractivity contribution is -0.119. The first-order valence-corrected chi connectivity index (χ1v) is 7.59. The second kappa shape index (κ2) is 8.29. The molecule has 2 rings (SSSR count). The van der Waals surface area contributed by atoms with E-state index in [-0.39, 0.29) is 24.6 Å². The molecule has 0 heterocycles. The fourth-order valence-electron chi connectivity index (χ4n) is 2.31. The average molecular weight is 316 g/mol. The summed E-state index contributed by atoms with van der Waals surface area (Å²) in [6.45, 7) is 2.93. The summed E-state index contributed by atoms with van der Waals surface area (Å²) in [7, 11) is 0. The molecular formula is C18H21FN2O2. The zero-order chi connectivity index (χ0) is 16.7. The number of para-hydroxylation sites is 1. The summed E-state index contributed by atoms with van der Waals surface area (Å²) < 4.78 is 13.3. The molecule has 0 aliphatic heterocycles. The number of carbonyl (C=O) groups is 1. The molecule has 0 unspecified atom stereocenters. The van der Waals surface area contributed by atoms with Crippen molar-refractivity contribution in [1.29, 1.82) is 0 Å². The van der Waals surface area contributed by atoms with Crippen molar-refractivity contribution >= 4 is 11.6 Å². The van der Waals surface area contributed by atoms with E-state index < -0.39 is 5.82 Å². The smallest absolute Gasteiger partial charge is 0.239 e. The van der Waals surface area contributed by atoms with Gasteiger partial charge in [-0.15, -0.1) is 0 Å². The molecule has 0 saturated heterocycles. The number of halogens is 1. The first-order valence-electron chi connectivity index (χ1n) is 7.59. The Morgan fingerprint density at radius 1 is 1.22 bits per heavy atom. The van der Waals surface area contributed by atoms with Crippen molar-refractivity contribution < 1.29 is 14.3 Å². The van der Waals surface area contributed by atoms with Gasteiger partial charge in [-0.25, -0.2) is 4.39 Å². The van der Waals surface area contributed by atoms with Crippen molar-refractivity contribution in [2.75, 3.05) is 18.0 Å². The predicted octanol–water partition coefficient (Wildman–Crippen LogP) is 2.46. The number of amides is 1. The number of nitrogens with one attached hydrogen (secondary N) is 1. The minimum absolute atomic E-state index is 0.106. The fourth-order valence-corrected chi connectivity index (χ4v) is 2.31. The predicted molar refractivity (Wildman–Crippen MR) is 88.5 cm³/mol. The van der Waals surface area contributed by atoms with Crippen LogP contribution < -0.4 is 10.2 Å². The molecular weight excluding hydrogens is 295 g/mol. The van der Waals surface area contributed by atoms with E-state index in [1.807, 2.05) is 42.2 Å². The maximum Gasteiger partial charge on any atom is 0.239 e. The highest BCUT2D eigenvalue weighted by Gasteiger charge is 2.10. The van der Waals surface area contributed by atoms with Gasteiger partial charge in [0, 0.05) is 24.3 Å². The summed E-state index contributed by atoms with van der Waals surface area (Å²) in [5, 5.41) is 11.9. The Bertz CT molecular complexity index is 647. The van der Waals surface area contributed by atoms with Gasteiger partial charge >= 0.3 is 0 Å². The fraction of sp³-hybridized carbons (Fsp3) is 0.278. The Morgan fingerprint density at radius 2 is 1.96 bits per heavy atom. The van der Waals surface area contributed by atoms with E-state index in [1.165, 1.54) is 6.07 Å². The number of anilines is 1.